The van der Waals surface area contributed by atoms with Crippen LogP contribution in [0.3, 0.4) is 0 Å². The number of fused-ring (bicyclic) bond motifs is 1. The van der Waals surface area contributed by atoms with Crippen molar-refractivity contribution in [3.05, 3.63) is 30.6 Å². The van der Waals surface area contributed by atoms with Crippen molar-refractivity contribution in [2.75, 3.05) is 5.32 Å². The summed E-state index contributed by atoms with van der Waals surface area (Å²) < 4.78 is 0. The molecule has 4 nitrogen and oxygen atoms in total. The summed E-state index contributed by atoms with van der Waals surface area (Å²) in [5.74, 6) is -0.108. The highest BCUT2D eigenvalue weighted by Crippen LogP contribution is 2.17. The van der Waals surface area contributed by atoms with Crippen molar-refractivity contribution in [2.24, 2.45) is 0 Å². The normalized spacial score (nSPS) is 10.1. The Bertz CT molecular complexity index is 476. The molecule has 0 saturated carbocycles. The Morgan fingerprint density at radius 2 is 2.14 bits per heavy atom. The van der Waals surface area contributed by atoms with Crippen molar-refractivity contribution in [1.82, 2.24) is 9.97 Å². The van der Waals surface area contributed by atoms with Crippen LogP contribution in [0.5, 0.6) is 0 Å². The molecular weight excluding hydrogens is 178 g/mol. The van der Waals surface area contributed by atoms with Crippen LogP contribution in [-0.4, -0.2) is 15.9 Å². The molecule has 2 heterocycles. The van der Waals surface area contributed by atoms with E-state index >= 15 is 0 Å². The van der Waals surface area contributed by atoms with Crippen LogP contribution in [0.4, 0.5) is 5.69 Å². The standard InChI is InChI=1S/C10H9N3O/c1-7(14)13-9-4-6-11-8-3-2-5-12-10(8)9/h2-6H,1H3,(H,11,13,14). The number of anilines is 1. The quantitative estimate of drug-likeness (QED) is 0.737. The smallest absolute Gasteiger partial charge is 0.221 e. The van der Waals surface area contributed by atoms with Crippen molar-refractivity contribution in [3.63, 3.8) is 0 Å². The monoisotopic (exact) mass is 187 g/mol. The number of nitrogens with one attached hydrogen (secondary N) is 1. The van der Waals surface area contributed by atoms with Crippen LogP contribution < -0.4 is 5.32 Å². The molecule has 2 aromatic rings. The van der Waals surface area contributed by atoms with Gasteiger partial charge in [0, 0.05) is 19.3 Å². The first-order valence-corrected chi connectivity index (χ1v) is 4.25. The maximum atomic E-state index is 10.9. The van der Waals surface area contributed by atoms with Gasteiger partial charge in [0.05, 0.1) is 11.2 Å². The van der Waals surface area contributed by atoms with Crippen LogP contribution in [0.25, 0.3) is 11.0 Å². The summed E-state index contributed by atoms with van der Waals surface area (Å²) in [5, 5.41) is 2.71. The van der Waals surface area contributed by atoms with Gasteiger partial charge in [-0.25, -0.2) is 0 Å². The van der Waals surface area contributed by atoms with E-state index in [-0.39, 0.29) is 5.91 Å². The number of nitrogens with zero attached hydrogens (tertiary/aromatic N) is 2. The Hall–Kier alpha value is -1.97. The van der Waals surface area contributed by atoms with Gasteiger partial charge in [-0.15, -0.1) is 0 Å². The third kappa shape index (κ3) is 1.54. The van der Waals surface area contributed by atoms with Gasteiger partial charge in [-0.3, -0.25) is 14.8 Å². The Morgan fingerprint density at radius 3 is 2.93 bits per heavy atom. The SMILES string of the molecule is CC(=O)Nc1ccnc2cccnc12. The Morgan fingerprint density at radius 1 is 1.29 bits per heavy atom. The molecule has 0 atom stereocenters. The second kappa shape index (κ2) is 3.41. The predicted molar refractivity (Wildman–Crippen MR) is 53.8 cm³/mol. The van der Waals surface area contributed by atoms with Gasteiger partial charge >= 0.3 is 0 Å². The molecule has 0 spiro atoms. The minimum atomic E-state index is -0.108. The molecule has 0 aliphatic rings. The highest BCUT2D eigenvalue weighted by molar-refractivity contribution is 5.97. The van der Waals surface area contributed by atoms with Crippen molar-refractivity contribution < 1.29 is 4.79 Å². The summed E-state index contributed by atoms with van der Waals surface area (Å²) in [6, 6.07) is 5.40. The highest BCUT2D eigenvalue weighted by Gasteiger charge is 2.02. The van der Waals surface area contributed by atoms with E-state index in [1.165, 1.54) is 6.92 Å². The summed E-state index contributed by atoms with van der Waals surface area (Å²) in [4.78, 5) is 19.2. The summed E-state index contributed by atoms with van der Waals surface area (Å²) in [5.41, 5.74) is 2.19. The first kappa shape index (κ1) is 8.62. The number of carbonyl (C=O) groups excluding carboxylic acids is 1. The van der Waals surface area contributed by atoms with Gasteiger partial charge in [0.25, 0.3) is 0 Å². The van der Waals surface area contributed by atoms with Crippen molar-refractivity contribution in [1.29, 1.82) is 0 Å². The summed E-state index contributed by atoms with van der Waals surface area (Å²) >= 11 is 0. The van der Waals surface area contributed by atoms with Gasteiger partial charge in [-0.2, -0.15) is 0 Å². The fraction of sp³-hybridized carbons (Fsp3) is 0.100. The number of amides is 1. The molecule has 1 N–H and O–H groups in total. The largest absolute Gasteiger partial charge is 0.324 e. The molecule has 2 rings (SSSR count). The topological polar surface area (TPSA) is 54.9 Å². The lowest BCUT2D eigenvalue weighted by molar-refractivity contribution is -0.114. The zero-order valence-electron chi connectivity index (χ0n) is 7.69. The fourth-order valence-corrected chi connectivity index (χ4v) is 1.27. The zero-order valence-corrected chi connectivity index (χ0v) is 7.69. The van der Waals surface area contributed by atoms with Crippen molar-refractivity contribution in [2.45, 2.75) is 6.92 Å². The second-order valence-electron chi connectivity index (χ2n) is 2.91. The average Bonchev–Trinajstić information content (AvgIpc) is 2.18. The van der Waals surface area contributed by atoms with Crippen molar-refractivity contribution in [3.8, 4) is 0 Å². The Balaban J connectivity index is 2.59. The first-order chi connectivity index (χ1) is 6.77. The zero-order chi connectivity index (χ0) is 9.97. The van der Waals surface area contributed by atoms with Crippen LogP contribution in [0.15, 0.2) is 30.6 Å². The number of carbonyl (C=O) groups is 1. The van der Waals surface area contributed by atoms with Gasteiger partial charge in [0.2, 0.25) is 5.91 Å². The molecular formula is C10H9N3O. The molecule has 14 heavy (non-hydrogen) atoms. The van der Waals surface area contributed by atoms with Crippen molar-refractivity contribution >= 4 is 22.6 Å². The average molecular weight is 187 g/mol. The van der Waals surface area contributed by atoms with Gasteiger partial charge in [-0.05, 0) is 18.2 Å². The van der Waals surface area contributed by atoms with Crippen LogP contribution in [0.2, 0.25) is 0 Å². The number of hydrogen-bond donors (Lipinski definition) is 1. The molecule has 0 saturated heterocycles. The molecule has 0 bridgehead atoms. The maximum Gasteiger partial charge on any atom is 0.221 e. The van der Waals surface area contributed by atoms with E-state index in [1.54, 1.807) is 18.5 Å². The molecule has 2 aromatic heterocycles. The third-order valence-electron chi connectivity index (χ3n) is 1.81. The van der Waals surface area contributed by atoms with E-state index in [9.17, 15) is 4.79 Å². The number of rotatable bonds is 1. The van der Waals surface area contributed by atoms with E-state index < -0.39 is 0 Å². The molecule has 4 heteroatoms. The molecule has 0 unspecified atom stereocenters. The van der Waals surface area contributed by atoms with E-state index in [4.69, 9.17) is 0 Å². The predicted octanol–water partition coefficient (Wildman–Crippen LogP) is 1.59. The first-order valence-electron chi connectivity index (χ1n) is 4.25. The lowest BCUT2D eigenvalue weighted by Crippen LogP contribution is -2.06. The van der Waals surface area contributed by atoms with E-state index in [2.05, 4.69) is 15.3 Å². The Kier molecular flexibility index (Phi) is 2.10. The molecule has 0 aliphatic heterocycles. The molecule has 0 aromatic carbocycles. The lowest BCUT2D eigenvalue weighted by Gasteiger charge is -2.04. The fourth-order valence-electron chi connectivity index (χ4n) is 1.27. The van der Waals surface area contributed by atoms with E-state index in [0.29, 0.717) is 11.2 Å². The Labute approximate surface area is 81.0 Å². The number of pyridine rings is 2. The van der Waals surface area contributed by atoms with E-state index in [0.717, 1.165) is 5.52 Å². The van der Waals surface area contributed by atoms with Gasteiger partial charge < -0.3 is 5.32 Å². The van der Waals surface area contributed by atoms with Crippen LogP contribution in [0, 0.1) is 0 Å². The van der Waals surface area contributed by atoms with Gasteiger partial charge in [0.1, 0.15) is 5.52 Å². The molecule has 1 amide bonds. The minimum absolute atomic E-state index is 0.108. The van der Waals surface area contributed by atoms with Gasteiger partial charge in [0.15, 0.2) is 0 Å². The maximum absolute atomic E-state index is 10.9. The summed E-state index contributed by atoms with van der Waals surface area (Å²) in [6.07, 6.45) is 3.32. The number of aromatic nitrogens is 2. The molecule has 0 aliphatic carbocycles. The lowest BCUT2D eigenvalue weighted by atomic mass is 10.3. The third-order valence-corrected chi connectivity index (χ3v) is 1.81. The molecule has 0 fully saturated rings. The second-order valence-corrected chi connectivity index (χ2v) is 2.91. The van der Waals surface area contributed by atoms with Crippen LogP contribution >= 0.6 is 0 Å². The summed E-state index contributed by atoms with van der Waals surface area (Å²) in [7, 11) is 0. The summed E-state index contributed by atoms with van der Waals surface area (Å²) in [6.45, 7) is 1.47. The highest BCUT2D eigenvalue weighted by atomic mass is 16.1. The number of hydrogen-bond acceptors (Lipinski definition) is 3. The van der Waals surface area contributed by atoms with Crippen LogP contribution in [-0.2, 0) is 4.79 Å². The molecule has 70 valence electrons. The van der Waals surface area contributed by atoms with E-state index in [1.807, 2.05) is 12.1 Å². The van der Waals surface area contributed by atoms with Gasteiger partial charge in [-0.1, -0.05) is 0 Å². The minimum Gasteiger partial charge on any atom is -0.324 e. The van der Waals surface area contributed by atoms with Crippen LogP contribution in [0.1, 0.15) is 6.92 Å². The molecule has 0 radical (unpaired) electrons.